The zero-order valence-corrected chi connectivity index (χ0v) is 8.02. The second kappa shape index (κ2) is 3.18. The number of benzene rings is 1. The van der Waals surface area contributed by atoms with E-state index in [1.54, 1.807) is 7.11 Å². The molecule has 0 saturated carbocycles. The van der Waals surface area contributed by atoms with Crippen LogP contribution in [0.15, 0.2) is 30.5 Å². The molecule has 0 atom stereocenters. The molecule has 0 bridgehead atoms. The Kier molecular flexibility index (Phi) is 2.02. The number of aromatic nitrogens is 1. The van der Waals surface area contributed by atoms with Crippen molar-refractivity contribution in [3.8, 4) is 0 Å². The van der Waals surface area contributed by atoms with Crippen LogP contribution in [0.5, 0.6) is 0 Å². The summed E-state index contributed by atoms with van der Waals surface area (Å²) < 4.78 is 5.01. The molecule has 0 aliphatic carbocycles. The Bertz CT molecular complexity index is 447. The third-order valence-electron chi connectivity index (χ3n) is 1.99. The Morgan fingerprint density at radius 1 is 1.38 bits per heavy atom. The summed E-state index contributed by atoms with van der Waals surface area (Å²) in [5.74, 6) is 0. The molecule has 1 heterocycles. The molecule has 2 aromatic rings. The molecular weight excluding hydrogens is 182 g/mol. The Labute approximate surface area is 81.5 Å². The van der Waals surface area contributed by atoms with Crippen LogP contribution in [0.25, 0.3) is 10.9 Å². The summed E-state index contributed by atoms with van der Waals surface area (Å²) in [6, 6.07) is 8.00. The zero-order valence-electron chi connectivity index (χ0n) is 7.20. The maximum Gasteiger partial charge on any atom is 0.193 e. The minimum absolute atomic E-state index is 0.525. The molecule has 0 radical (unpaired) electrons. The first-order chi connectivity index (χ1) is 6.33. The van der Waals surface area contributed by atoms with Gasteiger partial charge in [0.05, 0.1) is 12.7 Å². The highest BCUT2D eigenvalue weighted by Gasteiger charge is 2.06. The van der Waals surface area contributed by atoms with Crippen molar-refractivity contribution in [3.05, 3.63) is 36.0 Å². The second-order valence-corrected chi connectivity index (χ2v) is 3.11. The molecule has 1 aromatic heterocycles. The number of rotatable bonds is 1. The van der Waals surface area contributed by atoms with E-state index in [0.29, 0.717) is 5.05 Å². The van der Waals surface area contributed by atoms with Crippen molar-refractivity contribution in [2.24, 2.45) is 0 Å². The number of aromatic amines is 1. The van der Waals surface area contributed by atoms with E-state index in [2.05, 4.69) is 4.98 Å². The van der Waals surface area contributed by atoms with Crippen molar-refractivity contribution in [3.63, 3.8) is 0 Å². The minimum atomic E-state index is 0.525. The van der Waals surface area contributed by atoms with Gasteiger partial charge in [-0.3, -0.25) is 0 Å². The molecule has 3 heteroatoms. The van der Waals surface area contributed by atoms with Gasteiger partial charge in [-0.25, -0.2) is 0 Å². The van der Waals surface area contributed by atoms with Crippen LogP contribution < -0.4 is 0 Å². The van der Waals surface area contributed by atoms with Gasteiger partial charge in [-0.1, -0.05) is 18.2 Å². The molecule has 0 amide bonds. The summed E-state index contributed by atoms with van der Waals surface area (Å²) in [7, 11) is 1.59. The number of thiocarbonyl (C=S) groups is 1. The van der Waals surface area contributed by atoms with Gasteiger partial charge in [0.15, 0.2) is 5.05 Å². The van der Waals surface area contributed by atoms with Gasteiger partial charge in [0.25, 0.3) is 0 Å². The highest BCUT2D eigenvalue weighted by Crippen LogP contribution is 2.18. The summed E-state index contributed by atoms with van der Waals surface area (Å²) >= 11 is 5.06. The lowest BCUT2D eigenvalue weighted by atomic mass is 10.2. The number of H-pyrrole nitrogens is 1. The molecule has 1 aromatic carbocycles. The Hall–Kier alpha value is -1.35. The molecule has 13 heavy (non-hydrogen) atoms. The van der Waals surface area contributed by atoms with Gasteiger partial charge in [-0.05, 0) is 18.3 Å². The number of para-hydroxylation sites is 1. The molecule has 0 aliphatic heterocycles. The van der Waals surface area contributed by atoms with Crippen molar-refractivity contribution >= 4 is 28.2 Å². The van der Waals surface area contributed by atoms with Crippen LogP contribution in [0.2, 0.25) is 0 Å². The van der Waals surface area contributed by atoms with E-state index in [-0.39, 0.29) is 0 Å². The average Bonchev–Trinajstić information content (AvgIpc) is 2.60. The zero-order chi connectivity index (χ0) is 9.26. The van der Waals surface area contributed by atoms with E-state index in [1.807, 2.05) is 30.5 Å². The van der Waals surface area contributed by atoms with Crippen molar-refractivity contribution in [1.82, 2.24) is 4.98 Å². The number of nitrogens with one attached hydrogen (secondary N) is 1. The third-order valence-corrected chi connectivity index (χ3v) is 2.38. The van der Waals surface area contributed by atoms with Gasteiger partial charge < -0.3 is 9.72 Å². The Morgan fingerprint density at radius 3 is 2.92 bits per heavy atom. The topological polar surface area (TPSA) is 25.0 Å². The summed E-state index contributed by atoms with van der Waals surface area (Å²) in [6.45, 7) is 0. The fourth-order valence-corrected chi connectivity index (χ4v) is 1.52. The molecule has 0 saturated heterocycles. The summed E-state index contributed by atoms with van der Waals surface area (Å²) in [5, 5.41) is 1.63. The molecule has 0 aliphatic rings. The second-order valence-electron chi connectivity index (χ2n) is 2.74. The quantitative estimate of drug-likeness (QED) is 0.700. The molecule has 2 nitrogen and oxygen atoms in total. The first-order valence-electron chi connectivity index (χ1n) is 3.97. The maximum atomic E-state index is 5.06. The summed E-state index contributed by atoms with van der Waals surface area (Å²) in [4.78, 5) is 3.14. The van der Waals surface area contributed by atoms with E-state index < -0.39 is 0 Å². The average molecular weight is 191 g/mol. The number of hydrogen-bond donors (Lipinski definition) is 1. The van der Waals surface area contributed by atoms with Crippen molar-refractivity contribution in [2.45, 2.75) is 0 Å². The predicted octanol–water partition coefficient (Wildman–Crippen LogP) is 2.49. The van der Waals surface area contributed by atoms with Gasteiger partial charge in [0.1, 0.15) is 0 Å². The fraction of sp³-hybridized carbons (Fsp3) is 0.100. The van der Waals surface area contributed by atoms with Crippen LogP contribution in [0, 0.1) is 0 Å². The Balaban J connectivity index is 2.64. The highest BCUT2D eigenvalue weighted by atomic mass is 32.1. The van der Waals surface area contributed by atoms with Crippen molar-refractivity contribution < 1.29 is 4.74 Å². The van der Waals surface area contributed by atoms with E-state index in [0.717, 1.165) is 16.5 Å². The molecular formula is C10H9NOS. The lowest BCUT2D eigenvalue weighted by molar-refractivity contribution is 0.416. The third kappa shape index (κ3) is 1.31. The molecule has 0 spiro atoms. The Morgan fingerprint density at radius 2 is 2.15 bits per heavy atom. The minimum Gasteiger partial charge on any atom is -0.486 e. The molecule has 0 unspecified atom stereocenters. The van der Waals surface area contributed by atoms with Crippen molar-refractivity contribution in [1.29, 1.82) is 0 Å². The van der Waals surface area contributed by atoms with Gasteiger partial charge in [-0.15, -0.1) is 0 Å². The van der Waals surface area contributed by atoms with Crippen LogP contribution in [0.3, 0.4) is 0 Å². The molecule has 2 rings (SSSR count). The predicted molar refractivity (Wildman–Crippen MR) is 57.0 cm³/mol. The number of hydrogen-bond acceptors (Lipinski definition) is 2. The fourth-order valence-electron chi connectivity index (χ4n) is 1.35. The van der Waals surface area contributed by atoms with Gasteiger partial charge in [-0.2, -0.15) is 0 Å². The first kappa shape index (κ1) is 8.26. The van der Waals surface area contributed by atoms with Gasteiger partial charge in [0, 0.05) is 17.1 Å². The normalized spacial score (nSPS) is 10.2. The molecule has 0 fully saturated rings. The molecule has 66 valence electrons. The number of methoxy groups -OCH3 is 1. The van der Waals surface area contributed by atoms with E-state index in [9.17, 15) is 0 Å². The van der Waals surface area contributed by atoms with Gasteiger partial charge in [0.2, 0.25) is 0 Å². The van der Waals surface area contributed by atoms with Crippen LogP contribution in [-0.4, -0.2) is 17.1 Å². The van der Waals surface area contributed by atoms with Crippen LogP contribution in [0.4, 0.5) is 0 Å². The van der Waals surface area contributed by atoms with Crippen LogP contribution in [0.1, 0.15) is 5.56 Å². The monoisotopic (exact) mass is 191 g/mol. The van der Waals surface area contributed by atoms with E-state index in [1.165, 1.54) is 0 Å². The number of fused-ring (bicyclic) bond motifs is 1. The van der Waals surface area contributed by atoms with Crippen LogP contribution >= 0.6 is 12.2 Å². The van der Waals surface area contributed by atoms with Gasteiger partial charge >= 0.3 is 0 Å². The smallest absolute Gasteiger partial charge is 0.193 e. The van der Waals surface area contributed by atoms with Crippen molar-refractivity contribution in [2.75, 3.05) is 7.11 Å². The largest absolute Gasteiger partial charge is 0.486 e. The van der Waals surface area contributed by atoms with E-state index >= 15 is 0 Å². The molecule has 1 N–H and O–H groups in total. The summed E-state index contributed by atoms with van der Waals surface area (Å²) in [5.41, 5.74) is 2.03. The maximum absolute atomic E-state index is 5.06. The lowest BCUT2D eigenvalue weighted by Crippen LogP contribution is -1.97. The van der Waals surface area contributed by atoms with Crippen LogP contribution in [-0.2, 0) is 4.74 Å². The SMILES string of the molecule is COC(=S)c1c[nH]c2ccccc12. The standard InChI is InChI=1S/C10H9NOS/c1-12-10(13)8-6-11-9-5-3-2-4-7(8)9/h2-6,11H,1H3. The number of ether oxygens (including phenoxy) is 1. The first-order valence-corrected chi connectivity index (χ1v) is 4.38. The lowest BCUT2D eigenvalue weighted by Gasteiger charge is -1.98. The van der Waals surface area contributed by atoms with E-state index in [4.69, 9.17) is 17.0 Å². The summed E-state index contributed by atoms with van der Waals surface area (Å²) in [6.07, 6.45) is 1.87. The highest BCUT2D eigenvalue weighted by molar-refractivity contribution is 7.80.